The Balaban J connectivity index is 2.08. The Bertz CT molecular complexity index is 582. The molecular formula is C15H17N3O2. The van der Waals surface area contributed by atoms with E-state index in [0.717, 1.165) is 11.4 Å². The lowest BCUT2D eigenvalue weighted by molar-refractivity contribution is 0.102. The minimum atomic E-state index is -0.179. The van der Waals surface area contributed by atoms with Crippen LogP contribution in [0.15, 0.2) is 48.5 Å². The van der Waals surface area contributed by atoms with Gasteiger partial charge in [-0.2, -0.15) is 0 Å². The predicted octanol–water partition coefficient (Wildman–Crippen LogP) is 2.62. The number of anilines is 2. The molecule has 0 unspecified atom stereocenters. The lowest BCUT2D eigenvalue weighted by Gasteiger charge is -2.08. The summed E-state index contributed by atoms with van der Waals surface area (Å²) in [5, 5.41) is 2.82. The minimum Gasteiger partial charge on any atom is -0.494 e. The topological polar surface area (TPSA) is 76.4 Å². The number of hydrogen-bond acceptors (Lipinski definition) is 4. The van der Waals surface area contributed by atoms with E-state index in [9.17, 15) is 4.79 Å². The summed E-state index contributed by atoms with van der Waals surface area (Å²) >= 11 is 0. The van der Waals surface area contributed by atoms with Crippen LogP contribution in [0.3, 0.4) is 0 Å². The van der Waals surface area contributed by atoms with Gasteiger partial charge in [0, 0.05) is 23.0 Å². The maximum Gasteiger partial charge on any atom is 0.255 e. The van der Waals surface area contributed by atoms with Gasteiger partial charge in [-0.05, 0) is 43.3 Å². The highest BCUT2D eigenvalue weighted by atomic mass is 16.5. The number of hydrogen-bond donors (Lipinski definition) is 3. The second-order valence-corrected chi connectivity index (χ2v) is 4.14. The van der Waals surface area contributed by atoms with Crippen LogP contribution in [0.4, 0.5) is 11.4 Å². The Morgan fingerprint density at radius 1 is 1.15 bits per heavy atom. The number of ether oxygens (including phenoxy) is 1. The van der Waals surface area contributed by atoms with Crippen molar-refractivity contribution in [2.45, 2.75) is 6.92 Å². The number of rotatable bonds is 5. The molecule has 5 nitrogen and oxygen atoms in total. The summed E-state index contributed by atoms with van der Waals surface area (Å²) in [5.41, 5.74) is 4.52. The number of benzene rings is 2. The van der Waals surface area contributed by atoms with Gasteiger partial charge in [0.1, 0.15) is 5.75 Å². The second kappa shape index (κ2) is 6.58. The number of nitrogens with one attached hydrogen (secondary N) is 2. The number of nitrogen functional groups attached to an aromatic ring is 1. The van der Waals surface area contributed by atoms with Gasteiger partial charge in [-0.1, -0.05) is 6.07 Å². The molecule has 0 aliphatic rings. The third-order valence-corrected chi connectivity index (χ3v) is 2.72. The average molecular weight is 271 g/mol. The first-order valence-corrected chi connectivity index (χ1v) is 6.34. The first kappa shape index (κ1) is 13.9. The van der Waals surface area contributed by atoms with Gasteiger partial charge in [-0.15, -0.1) is 0 Å². The van der Waals surface area contributed by atoms with Crippen LogP contribution < -0.4 is 21.3 Å². The van der Waals surface area contributed by atoms with Gasteiger partial charge < -0.3 is 15.5 Å². The zero-order chi connectivity index (χ0) is 14.4. The van der Waals surface area contributed by atoms with Crippen molar-refractivity contribution in [1.29, 1.82) is 0 Å². The van der Waals surface area contributed by atoms with Crippen molar-refractivity contribution in [2.24, 2.45) is 5.84 Å². The SMILES string of the molecule is CCOc1cccc(NC(=O)c2ccc(NN)cc2)c1. The molecule has 2 aromatic rings. The Morgan fingerprint density at radius 2 is 1.90 bits per heavy atom. The van der Waals surface area contributed by atoms with E-state index in [1.165, 1.54) is 0 Å². The van der Waals surface area contributed by atoms with E-state index < -0.39 is 0 Å². The molecular weight excluding hydrogens is 254 g/mol. The van der Waals surface area contributed by atoms with E-state index in [2.05, 4.69) is 10.7 Å². The van der Waals surface area contributed by atoms with Crippen LogP contribution in [0, 0.1) is 0 Å². The van der Waals surface area contributed by atoms with E-state index in [-0.39, 0.29) is 5.91 Å². The van der Waals surface area contributed by atoms with Gasteiger partial charge in [0.05, 0.1) is 6.61 Å². The molecule has 0 saturated carbocycles. The first-order chi connectivity index (χ1) is 9.72. The minimum absolute atomic E-state index is 0.179. The fraction of sp³-hybridized carbons (Fsp3) is 0.133. The van der Waals surface area contributed by atoms with Crippen LogP contribution in [0.25, 0.3) is 0 Å². The predicted molar refractivity (Wildman–Crippen MR) is 79.8 cm³/mol. The standard InChI is InChI=1S/C15H17N3O2/c1-2-20-14-5-3-4-13(10-14)17-15(19)11-6-8-12(18-16)9-7-11/h3-10,18H,2,16H2,1H3,(H,17,19). The van der Waals surface area contributed by atoms with Crippen molar-refractivity contribution < 1.29 is 9.53 Å². The van der Waals surface area contributed by atoms with Crippen LogP contribution >= 0.6 is 0 Å². The molecule has 0 saturated heterocycles. The quantitative estimate of drug-likeness (QED) is 0.577. The first-order valence-electron chi connectivity index (χ1n) is 6.34. The van der Waals surface area contributed by atoms with Crippen molar-refractivity contribution in [3.05, 3.63) is 54.1 Å². The molecule has 0 fully saturated rings. The van der Waals surface area contributed by atoms with E-state index >= 15 is 0 Å². The fourth-order valence-electron chi connectivity index (χ4n) is 1.75. The number of nitrogens with two attached hydrogens (primary N) is 1. The lowest BCUT2D eigenvalue weighted by Crippen LogP contribution is -2.12. The van der Waals surface area contributed by atoms with Gasteiger partial charge in [-0.25, -0.2) is 0 Å². The summed E-state index contributed by atoms with van der Waals surface area (Å²) in [5.74, 6) is 5.83. The highest BCUT2D eigenvalue weighted by molar-refractivity contribution is 6.04. The van der Waals surface area contributed by atoms with Crippen molar-refractivity contribution in [3.8, 4) is 5.75 Å². The summed E-state index contributed by atoms with van der Waals surface area (Å²) in [7, 11) is 0. The number of carbonyl (C=O) groups excluding carboxylic acids is 1. The summed E-state index contributed by atoms with van der Waals surface area (Å²) < 4.78 is 5.39. The molecule has 0 bridgehead atoms. The molecule has 0 heterocycles. The smallest absolute Gasteiger partial charge is 0.255 e. The molecule has 2 aromatic carbocycles. The maximum atomic E-state index is 12.1. The highest BCUT2D eigenvalue weighted by Crippen LogP contribution is 2.18. The molecule has 0 atom stereocenters. The second-order valence-electron chi connectivity index (χ2n) is 4.14. The maximum absolute atomic E-state index is 12.1. The molecule has 0 aromatic heterocycles. The zero-order valence-electron chi connectivity index (χ0n) is 11.2. The lowest BCUT2D eigenvalue weighted by atomic mass is 10.2. The normalized spacial score (nSPS) is 9.90. The number of amides is 1. The number of hydrazine groups is 1. The Hall–Kier alpha value is -2.53. The van der Waals surface area contributed by atoms with Gasteiger partial charge in [0.15, 0.2) is 0 Å². The summed E-state index contributed by atoms with van der Waals surface area (Å²) in [6.07, 6.45) is 0. The summed E-state index contributed by atoms with van der Waals surface area (Å²) in [4.78, 5) is 12.1. The molecule has 5 heteroatoms. The van der Waals surface area contributed by atoms with Gasteiger partial charge in [0.25, 0.3) is 5.91 Å². The van der Waals surface area contributed by atoms with Crippen LogP contribution in [0.2, 0.25) is 0 Å². The van der Waals surface area contributed by atoms with Crippen LogP contribution in [-0.2, 0) is 0 Å². The van der Waals surface area contributed by atoms with Crippen molar-refractivity contribution >= 4 is 17.3 Å². The molecule has 2 rings (SSSR count). The van der Waals surface area contributed by atoms with Crippen LogP contribution in [0.5, 0.6) is 5.75 Å². The molecule has 0 spiro atoms. The Kier molecular flexibility index (Phi) is 4.57. The molecule has 0 aliphatic heterocycles. The molecule has 0 radical (unpaired) electrons. The van der Waals surface area contributed by atoms with Gasteiger partial charge >= 0.3 is 0 Å². The van der Waals surface area contributed by atoms with Gasteiger partial charge in [-0.3, -0.25) is 10.6 Å². The monoisotopic (exact) mass is 271 g/mol. The van der Waals surface area contributed by atoms with E-state index in [0.29, 0.717) is 17.9 Å². The fourth-order valence-corrected chi connectivity index (χ4v) is 1.75. The van der Waals surface area contributed by atoms with Crippen molar-refractivity contribution in [3.63, 3.8) is 0 Å². The highest BCUT2D eigenvalue weighted by Gasteiger charge is 2.06. The molecule has 0 aliphatic carbocycles. The van der Waals surface area contributed by atoms with Gasteiger partial charge in [0.2, 0.25) is 0 Å². The third-order valence-electron chi connectivity index (χ3n) is 2.72. The Morgan fingerprint density at radius 3 is 2.55 bits per heavy atom. The van der Waals surface area contributed by atoms with Crippen LogP contribution in [-0.4, -0.2) is 12.5 Å². The zero-order valence-corrected chi connectivity index (χ0v) is 11.2. The molecule has 20 heavy (non-hydrogen) atoms. The summed E-state index contributed by atoms with van der Waals surface area (Å²) in [6, 6.07) is 14.2. The number of carbonyl (C=O) groups is 1. The summed E-state index contributed by atoms with van der Waals surface area (Å²) in [6.45, 7) is 2.50. The van der Waals surface area contributed by atoms with E-state index in [1.54, 1.807) is 30.3 Å². The molecule has 104 valence electrons. The average Bonchev–Trinajstić information content (AvgIpc) is 2.48. The van der Waals surface area contributed by atoms with Crippen molar-refractivity contribution in [1.82, 2.24) is 0 Å². The van der Waals surface area contributed by atoms with E-state index in [4.69, 9.17) is 10.6 Å². The van der Waals surface area contributed by atoms with E-state index in [1.807, 2.05) is 25.1 Å². The Labute approximate surface area is 117 Å². The molecule has 1 amide bonds. The van der Waals surface area contributed by atoms with Crippen LogP contribution in [0.1, 0.15) is 17.3 Å². The van der Waals surface area contributed by atoms with Crippen molar-refractivity contribution in [2.75, 3.05) is 17.3 Å². The third kappa shape index (κ3) is 3.49. The molecule has 4 N–H and O–H groups in total. The largest absolute Gasteiger partial charge is 0.494 e.